The van der Waals surface area contributed by atoms with E-state index in [0.29, 0.717) is 29.7 Å². The first kappa shape index (κ1) is 32.7. The summed E-state index contributed by atoms with van der Waals surface area (Å²) in [6.07, 6.45) is 1.26. The van der Waals surface area contributed by atoms with Crippen LogP contribution in [0.5, 0.6) is 17.5 Å². The molecule has 2 aromatic carbocycles. The number of aliphatic hydroxyl groups excluding tert-OH is 1. The summed E-state index contributed by atoms with van der Waals surface area (Å²) >= 11 is 0. The first-order chi connectivity index (χ1) is 22.4. The van der Waals surface area contributed by atoms with Crippen LogP contribution in [0.4, 0.5) is 11.6 Å². The van der Waals surface area contributed by atoms with Crippen LogP contribution in [-0.4, -0.2) is 49.5 Å². The number of rotatable bonds is 10. The lowest BCUT2D eigenvalue weighted by atomic mass is 9.86. The average molecular weight is 643 g/mol. The highest BCUT2D eigenvalue weighted by Gasteiger charge is 2.43. The van der Waals surface area contributed by atoms with Crippen molar-refractivity contribution in [1.82, 2.24) is 9.97 Å². The zero-order valence-corrected chi connectivity index (χ0v) is 28.6. The van der Waals surface area contributed by atoms with Gasteiger partial charge in [0.1, 0.15) is 11.5 Å². The molecule has 2 aliphatic rings. The Morgan fingerprint density at radius 1 is 0.915 bits per heavy atom. The van der Waals surface area contributed by atoms with Gasteiger partial charge in [-0.25, -0.2) is 0 Å². The zero-order chi connectivity index (χ0) is 33.5. The standard InChI is InChI=1S/C37H46N4O6/c1-22-19-27-28(37(4,5)47-36(27,2)3)21-24(22)20-25-13-14-30(46-25)32(42)38-31-33(44-7)39-35(40-34(31)45-8)41-17-15-23(16-18-41)26-11-9-10-12-29(26)43-6/h9-14,19,21,23,32,38,42H,15-18,20H2,1-8H3. The molecule has 2 aromatic heterocycles. The van der Waals surface area contributed by atoms with Gasteiger partial charge in [0.25, 0.3) is 0 Å². The van der Waals surface area contributed by atoms with Gasteiger partial charge in [0, 0.05) is 19.5 Å². The number of aromatic nitrogens is 2. The van der Waals surface area contributed by atoms with Crippen LogP contribution in [-0.2, 0) is 22.4 Å². The Morgan fingerprint density at radius 2 is 1.55 bits per heavy atom. The summed E-state index contributed by atoms with van der Waals surface area (Å²) in [6.45, 7) is 12.1. The first-order valence-electron chi connectivity index (χ1n) is 16.2. The summed E-state index contributed by atoms with van der Waals surface area (Å²) in [5.74, 6) is 3.46. The van der Waals surface area contributed by atoms with Gasteiger partial charge in [-0.1, -0.05) is 30.3 Å². The molecule has 0 bridgehead atoms. The maximum Gasteiger partial charge on any atom is 0.246 e. The van der Waals surface area contributed by atoms with Crippen molar-refractivity contribution in [3.8, 4) is 17.5 Å². The fraction of sp³-hybridized carbons (Fsp3) is 0.459. The van der Waals surface area contributed by atoms with E-state index < -0.39 is 6.23 Å². The lowest BCUT2D eigenvalue weighted by Gasteiger charge is -2.33. The van der Waals surface area contributed by atoms with Crippen molar-refractivity contribution in [1.29, 1.82) is 0 Å². The second kappa shape index (κ2) is 12.7. The number of hydrogen-bond acceptors (Lipinski definition) is 10. The van der Waals surface area contributed by atoms with Crippen molar-refractivity contribution < 1.29 is 28.5 Å². The van der Waals surface area contributed by atoms with Gasteiger partial charge in [0.15, 0.2) is 17.7 Å². The summed E-state index contributed by atoms with van der Waals surface area (Å²) in [5.41, 5.74) is 5.59. The number of piperidine rings is 1. The highest BCUT2D eigenvalue weighted by atomic mass is 16.5. The van der Waals surface area contributed by atoms with Crippen molar-refractivity contribution in [2.24, 2.45) is 0 Å². The summed E-state index contributed by atoms with van der Waals surface area (Å²) in [7, 11) is 4.79. The van der Waals surface area contributed by atoms with Gasteiger partial charge in [0.05, 0.1) is 32.5 Å². The Morgan fingerprint density at radius 3 is 2.19 bits per heavy atom. The first-order valence-corrected chi connectivity index (χ1v) is 16.2. The number of fused-ring (bicyclic) bond motifs is 1. The van der Waals surface area contributed by atoms with Crippen LogP contribution < -0.4 is 24.4 Å². The molecular formula is C37H46N4O6. The predicted molar refractivity (Wildman–Crippen MR) is 181 cm³/mol. The Balaban J connectivity index is 1.16. The van der Waals surface area contributed by atoms with Crippen LogP contribution in [0.15, 0.2) is 52.9 Å². The molecule has 2 N–H and O–H groups in total. The van der Waals surface area contributed by atoms with Crippen LogP contribution in [0.25, 0.3) is 0 Å². The molecule has 1 unspecified atom stereocenters. The van der Waals surface area contributed by atoms with E-state index in [9.17, 15) is 5.11 Å². The summed E-state index contributed by atoms with van der Waals surface area (Å²) in [6, 6.07) is 16.3. The number of nitrogens with zero attached hydrogens (tertiary/aromatic N) is 3. The van der Waals surface area contributed by atoms with Gasteiger partial charge in [0.2, 0.25) is 17.7 Å². The normalized spacial score (nSPS) is 17.7. The molecule has 0 radical (unpaired) electrons. The summed E-state index contributed by atoms with van der Waals surface area (Å²) in [4.78, 5) is 11.5. The van der Waals surface area contributed by atoms with Crippen LogP contribution >= 0.6 is 0 Å². The highest BCUT2D eigenvalue weighted by molar-refractivity contribution is 5.63. The lowest BCUT2D eigenvalue weighted by molar-refractivity contribution is -0.105. The summed E-state index contributed by atoms with van der Waals surface area (Å²) in [5, 5.41) is 14.2. The molecule has 2 aliphatic heterocycles. The van der Waals surface area contributed by atoms with Crippen LogP contribution in [0, 0.1) is 6.92 Å². The Bertz CT molecular complexity index is 1720. The van der Waals surface area contributed by atoms with E-state index in [-0.39, 0.29) is 23.0 Å². The van der Waals surface area contributed by atoms with Gasteiger partial charge in [-0.15, -0.1) is 0 Å². The highest BCUT2D eigenvalue weighted by Crippen LogP contribution is 2.47. The van der Waals surface area contributed by atoms with E-state index in [4.69, 9.17) is 33.3 Å². The molecule has 1 atom stereocenters. The van der Waals surface area contributed by atoms with Gasteiger partial charge in [-0.05, 0) is 99.4 Å². The Labute approximate surface area is 277 Å². The molecule has 10 heteroatoms. The maximum absolute atomic E-state index is 11.2. The van der Waals surface area contributed by atoms with E-state index in [1.165, 1.54) is 36.5 Å². The SMILES string of the molecule is COc1ccccc1C1CCN(c2nc(OC)c(NC(O)c3ccc(Cc4cc5c(cc4C)C(C)(C)OC5(C)C)o3)c(OC)n2)CC1. The number of aryl methyl sites for hydroxylation is 1. The molecule has 4 heterocycles. The third-order valence-corrected chi connectivity index (χ3v) is 9.46. The monoisotopic (exact) mass is 642 g/mol. The Hall–Kier alpha value is -4.28. The number of aliphatic hydroxyl groups is 1. The zero-order valence-electron chi connectivity index (χ0n) is 28.6. The molecule has 1 saturated heterocycles. The molecule has 10 nitrogen and oxygen atoms in total. The second-order valence-corrected chi connectivity index (χ2v) is 13.4. The number of benzene rings is 2. The molecule has 47 heavy (non-hydrogen) atoms. The van der Waals surface area contributed by atoms with E-state index in [1.807, 2.05) is 18.2 Å². The molecule has 1 fully saturated rings. The fourth-order valence-corrected chi connectivity index (χ4v) is 7.08. The quantitative estimate of drug-likeness (QED) is 0.176. The minimum atomic E-state index is -1.19. The van der Waals surface area contributed by atoms with Crippen molar-refractivity contribution >= 4 is 11.6 Å². The number of anilines is 2. The van der Waals surface area contributed by atoms with E-state index in [1.54, 1.807) is 13.2 Å². The minimum Gasteiger partial charge on any atom is -0.496 e. The number of para-hydroxylation sites is 1. The van der Waals surface area contributed by atoms with Crippen LogP contribution in [0.3, 0.4) is 0 Å². The topological polar surface area (TPSA) is 111 Å². The summed E-state index contributed by atoms with van der Waals surface area (Å²) < 4.78 is 29.4. The van der Waals surface area contributed by atoms with Gasteiger partial charge in [-0.2, -0.15) is 9.97 Å². The van der Waals surface area contributed by atoms with Crippen molar-refractivity contribution in [2.75, 3.05) is 44.6 Å². The van der Waals surface area contributed by atoms with Crippen LogP contribution in [0.1, 0.15) is 92.0 Å². The number of furan rings is 1. The average Bonchev–Trinajstić information content (AvgIpc) is 3.60. The number of ether oxygens (including phenoxy) is 4. The Kier molecular flexibility index (Phi) is 8.84. The van der Waals surface area contributed by atoms with E-state index in [0.717, 1.165) is 43.0 Å². The molecule has 4 aromatic rings. The van der Waals surface area contributed by atoms with Crippen molar-refractivity contribution in [3.05, 3.63) is 87.9 Å². The van der Waals surface area contributed by atoms with Crippen LogP contribution in [0.2, 0.25) is 0 Å². The molecule has 0 amide bonds. The van der Waals surface area contributed by atoms with E-state index >= 15 is 0 Å². The molecule has 250 valence electrons. The van der Waals surface area contributed by atoms with Gasteiger partial charge in [-0.3, -0.25) is 0 Å². The molecular weight excluding hydrogens is 596 g/mol. The van der Waals surface area contributed by atoms with E-state index in [2.05, 4.69) is 69.1 Å². The fourth-order valence-electron chi connectivity index (χ4n) is 7.08. The smallest absolute Gasteiger partial charge is 0.246 e. The minimum absolute atomic E-state index is 0.269. The molecule has 0 spiro atoms. The molecule has 0 aliphatic carbocycles. The van der Waals surface area contributed by atoms with Crippen molar-refractivity contribution in [3.63, 3.8) is 0 Å². The number of nitrogens with one attached hydrogen (secondary N) is 1. The number of methoxy groups -OCH3 is 3. The number of hydrogen-bond donors (Lipinski definition) is 2. The maximum atomic E-state index is 11.2. The predicted octanol–water partition coefficient (Wildman–Crippen LogP) is 6.98. The lowest BCUT2D eigenvalue weighted by Crippen LogP contribution is -2.34. The largest absolute Gasteiger partial charge is 0.496 e. The molecule has 6 rings (SSSR count). The molecule has 0 saturated carbocycles. The third kappa shape index (κ3) is 6.36. The second-order valence-electron chi connectivity index (χ2n) is 13.4. The third-order valence-electron chi connectivity index (χ3n) is 9.46. The van der Waals surface area contributed by atoms with Gasteiger partial charge >= 0.3 is 0 Å². The van der Waals surface area contributed by atoms with Gasteiger partial charge < -0.3 is 38.7 Å². The van der Waals surface area contributed by atoms with Crippen molar-refractivity contribution in [2.45, 2.75) is 77.2 Å².